The zero-order chi connectivity index (χ0) is 11.8. The highest BCUT2D eigenvalue weighted by Crippen LogP contribution is 2.15. The van der Waals surface area contributed by atoms with Crippen molar-refractivity contribution < 1.29 is 14.3 Å². The number of rotatable bonds is 4. The number of amides is 1. The highest BCUT2D eigenvalue weighted by Gasteiger charge is 1.99. The van der Waals surface area contributed by atoms with E-state index < -0.39 is 6.09 Å². The van der Waals surface area contributed by atoms with Crippen molar-refractivity contribution in [1.29, 1.82) is 0 Å². The third-order valence-corrected chi connectivity index (χ3v) is 1.76. The first-order valence-electron chi connectivity index (χ1n) is 4.86. The summed E-state index contributed by atoms with van der Waals surface area (Å²) < 4.78 is 9.76. The Kier molecular flexibility index (Phi) is 4.85. The standard InChI is InChI=1S/C11H14N2O3/c1-3-16-10-7-5-4-6-9(10)8-12-13-11(14)15-2/h4-8H,3H2,1-2H3,(H,13,14)/b12-8+. The van der Waals surface area contributed by atoms with E-state index in [0.717, 1.165) is 11.3 Å². The second-order valence-electron chi connectivity index (χ2n) is 2.83. The lowest BCUT2D eigenvalue weighted by molar-refractivity contribution is 0.171. The van der Waals surface area contributed by atoms with E-state index in [-0.39, 0.29) is 0 Å². The number of ether oxygens (including phenoxy) is 2. The molecule has 0 atom stereocenters. The summed E-state index contributed by atoms with van der Waals surface area (Å²) in [4.78, 5) is 10.7. The molecular weight excluding hydrogens is 208 g/mol. The molecular formula is C11H14N2O3. The summed E-state index contributed by atoms with van der Waals surface area (Å²) in [5, 5.41) is 3.73. The first-order valence-corrected chi connectivity index (χ1v) is 4.86. The van der Waals surface area contributed by atoms with Crippen molar-refractivity contribution in [3.8, 4) is 5.75 Å². The van der Waals surface area contributed by atoms with Crippen LogP contribution in [0.5, 0.6) is 5.75 Å². The van der Waals surface area contributed by atoms with Crippen molar-refractivity contribution in [1.82, 2.24) is 5.43 Å². The Labute approximate surface area is 94.1 Å². The number of nitrogens with one attached hydrogen (secondary N) is 1. The normalized spacial score (nSPS) is 10.1. The van der Waals surface area contributed by atoms with Crippen LogP contribution in [-0.4, -0.2) is 26.0 Å². The minimum Gasteiger partial charge on any atom is -0.493 e. The molecule has 0 aromatic heterocycles. The summed E-state index contributed by atoms with van der Waals surface area (Å²) in [5.74, 6) is 0.723. The van der Waals surface area contributed by atoms with Gasteiger partial charge in [0.2, 0.25) is 0 Å². The predicted octanol–water partition coefficient (Wildman–Crippen LogP) is 1.78. The number of hydrogen-bond donors (Lipinski definition) is 1. The molecule has 5 nitrogen and oxygen atoms in total. The number of methoxy groups -OCH3 is 1. The van der Waals surface area contributed by atoms with Crippen molar-refractivity contribution in [2.24, 2.45) is 5.10 Å². The maximum absolute atomic E-state index is 10.7. The molecule has 1 aromatic carbocycles. The van der Waals surface area contributed by atoms with E-state index in [1.807, 2.05) is 31.2 Å². The Morgan fingerprint density at radius 1 is 1.50 bits per heavy atom. The molecule has 0 saturated heterocycles. The van der Waals surface area contributed by atoms with Crippen molar-refractivity contribution in [2.45, 2.75) is 6.92 Å². The van der Waals surface area contributed by atoms with Gasteiger partial charge in [-0.25, -0.2) is 10.2 Å². The average molecular weight is 222 g/mol. The Hall–Kier alpha value is -2.04. The van der Waals surface area contributed by atoms with Crippen molar-refractivity contribution in [3.63, 3.8) is 0 Å². The molecule has 0 aliphatic heterocycles. The van der Waals surface area contributed by atoms with Gasteiger partial charge >= 0.3 is 6.09 Å². The van der Waals surface area contributed by atoms with Gasteiger partial charge in [-0.15, -0.1) is 0 Å². The monoisotopic (exact) mass is 222 g/mol. The first kappa shape index (κ1) is 12.0. The molecule has 0 unspecified atom stereocenters. The third-order valence-electron chi connectivity index (χ3n) is 1.76. The fraction of sp³-hybridized carbons (Fsp3) is 0.273. The van der Waals surface area contributed by atoms with E-state index in [4.69, 9.17) is 4.74 Å². The molecule has 1 rings (SSSR count). The van der Waals surface area contributed by atoms with Crippen LogP contribution < -0.4 is 10.2 Å². The van der Waals surface area contributed by atoms with Crippen LogP contribution in [-0.2, 0) is 4.74 Å². The summed E-state index contributed by atoms with van der Waals surface area (Å²) in [6.45, 7) is 2.48. The Morgan fingerprint density at radius 2 is 2.25 bits per heavy atom. The lowest BCUT2D eigenvalue weighted by atomic mass is 10.2. The molecule has 0 saturated carbocycles. The summed E-state index contributed by atoms with van der Waals surface area (Å²) >= 11 is 0. The molecule has 0 heterocycles. The van der Waals surface area contributed by atoms with E-state index in [1.54, 1.807) is 0 Å². The van der Waals surface area contributed by atoms with Crippen LogP contribution in [0.25, 0.3) is 0 Å². The van der Waals surface area contributed by atoms with E-state index in [9.17, 15) is 4.79 Å². The smallest absolute Gasteiger partial charge is 0.427 e. The lowest BCUT2D eigenvalue weighted by Crippen LogP contribution is -2.16. The van der Waals surface area contributed by atoms with Crippen LogP contribution in [0.15, 0.2) is 29.4 Å². The maximum Gasteiger partial charge on any atom is 0.427 e. The third kappa shape index (κ3) is 3.61. The molecule has 0 fully saturated rings. The SMILES string of the molecule is CCOc1ccccc1/C=N/NC(=O)OC. The number of nitrogens with zero attached hydrogens (tertiary/aromatic N) is 1. The largest absolute Gasteiger partial charge is 0.493 e. The number of hydrogen-bond acceptors (Lipinski definition) is 4. The van der Waals surface area contributed by atoms with Crippen molar-refractivity contribution in [2.75, 3.05) is 13.7 Å². The number of para-hydroxylation sites is 1. The van der Waals surface area contributed by atoms with Crippen LogP contribution in [0, 0.1) is 0 Å². The molecule has 0 spiro atoms. The van der Waals surface area contributed by atoms with Gasteiger partial charge in [-0.3, -0.25) is 0 Å². The number of carbonyl (C=O) groups is 1. The van der Waals surface area contributed by atoms with Gasteiger partial charge in [0.05, 0.1) is 19.9 Å². The van der Waals surface area contributed by atoms with Crippen LogP contribution in [0.1, 0.15) is 12.5 Å². The summed E-state index contributed by atoms with van der Waals surface area (Å²) in [6.07, 6.45) is 0.896. The predicted molar refractivity (Wildman–Crippen MR) is 60.7 cm³/mol. The van der Waals surface area contributed by atoms with Crippen molar-refractivity contribution in [3.05, 3.63) is 29.8 Å². The molecule has 5 heteroatoms. The first-order chi connectivity index (χ1) is 7.77. The zero-order valence-corrected chi connectivity index (χ0v) is 9.27. The summed E-state index contributed by atoms with van der Waals surface area (Å²) in [7, 11) is 1.28. The van der Waals surface area contributed by atoms with Gasteiger partial charge < -0.3 is 9.47 Å². The van der Waals surface area contributed by atoms with Gasteiger partial charge in [-0.05, 0) is 19.1 Å². The highest BCUT2D eigenvalue weighted by atomic mass is 16.5. The summed E-state index contributed by atoms with van der Waals surface area (Å²) in [6, 6.07) is 7.41. The Morgan fingerprint density at radius 3 is 2.94 bits per heavy atom. The zero-order valence-electron chi connectivity index (χ0n) is 9.27. The molecule has 0 radical (unpaired) electrons. The fourth-order valence-corrected chi connectivity index (χ4v) is 1.07. The van der Waals surface area contributed by atoms with Gasteiger partial charge in [0.25, 0.3) is 0 Å². The number of carbonyl (C=O) groups excluding carboxylic acids is 1. The fourth-order valence-electron chi connectivity index (χ4n) is 1.07. The van der Waals surface area contributed by atoms with E-state index in [2.05, 4.69) is 15.3 Å². The topological polar surface area (TPSA) is 59.9 Å². The summed E-state index contributed by atoms with van der Waals surface area (Å²) in [5.41, 5.74) is 3.00. The van der Waals surface area contributed by atoms with Crippen LogP contribution in [0.2, 0.25) is 0 Å². The molecule has 0 aliphatic rings. The quantitative estimate of drug-likeness (QED) is 0.624. The van der Waals surface area contributed by atoms with Crippen LogP contribution in [0.3, 0.4) is 0 Å². The second kappa shape index (κ2) is 6.44. The van der Waals surface area contributed by atoms with Gasteiger partial charge in [-0.1, -0.05) is 12.1 Å². The van der Waals surface area contributed by atoms with E-state index >= 15 is 0 Å². The molecule has 86 valence electrons. The molecule has 1 amide bonds. The second-order valence-corrected chi connectivity index (χ2v) is 2.83. The average Bonchev–Trinajstić information content (AvgIpc) is 2.31. The maximum atomic E-state index is 10.7. The van der Waals surface area contributed by atoms with Gasteiger partial charge in [0, 0.05) is 5.56 Å². The Bertz CT molecular complexity index is 377. The highest BCUT2D eigenvalue weighted by molar-refractivity contribution is 5.84. The van der Waals surface area contributed by atoms with Gasteiger partial charge in [-0.2, -0.15) is 5.10 Å². The molecule has 0 aliphatic carbocycles. The molecule has 1 N–H and O–H groups in total. The van der Waals surface area contributed by atoms with Crippen LogP contribution >= 0.6 is 0 Å². The number of benzene rings is 1. The molecule has 0 bridgehead atoms. The minimum atomic E-state index is -0.606. The lowest BCUT2D eigenvalue weighted by Gasteiger charge is -2.05. The minimum absolute atomic E-state index is 0.579. The van der Waals surface area contributed by atoms with E-state index in [1.165, 1.54) is 13.3 Å². The van der Waals surface area contributed by atoms with Gasteiger partial charge in [0.15, 0.2) is 0 Å². The number of hydrazone groups is 1. The molecule has 16 heavy (non-hydrogen) atoms. The van der Waals surface area contributed by atoms with E-state index in [0.29, 0.717) is 6.61 Å². The molecule has 1 aromatic rings. The van der Waals surface area contributed by atoms with Crippen LogP contribution in [0.4, 0.5) is 4.79 Å². The Balaban J connectivity index is 2.68. The van der Waals surface area contributed by atoms with Crippen molar-refractivity contribution >= 4 is 12.3 Å². The van der Waals surface area contributed by atoms with Gasteiger partial charge in [0.1, 0.15) is 5.75 Å².